The lowest BCUT2D eigenvalue weighted by atomic mass is 10.00. The standard InChI is InChI=1S/C12H11BrClNO2/c1-6-7(2)12(17)15(11(6)16)9-5-3-4-8(14)10(9)13/h3-7H,1-2H3. The van der Waals surface area contributed by atoms with Crippen molar-refractivity contribution >= 4 is 45.0 Å². The zero-order valence-corrected chi connectivity index (χ0v) is 11.7. The van der Waals surface area contributed by atoms with Crippen LogP contribution in [-0.2, 0) is 9.59 Å². The molecule has 1 aromatic carbocycles. The van der Waals surface area contributed by atoms with Gasteiger partial charge in [-0.2, -0.15) is 0 Å². The molecule has 5 heteroatoms. The van der Waals surface area contributed by atoms with Crippen LogP contribution in [0, 0.1) is 11.8 Å². The summed E-state index contributed by atoms with van der Waals surface area (Å²) in [6.45, 7) is 3.53. The van der Waals surface area contributed by atoms with Crippen molar-refractivity contribution < 1.29 is 9.59 Å². The second-order valence-electron chi connectivity index (χ2n) is 4.16. The molecule has 0 bridgehead atoms. The topological polar surface area (TPSA) is 37.4 Å². The second-order valence-corrected chi connectivity index (χ2v) is 5.36. The van der Waals surface area contributed by atoms with Crippen LogP contribution in [0.15, 0.2) is 22.7 Å². The van der Waals surface area contributed by atoms with E-state index in [4.69, 9.17) is 11.6 Å². The smallest absolute Gasteiger partial charge is 0.237 e. The molecule has 0 N–H and O–H groups in total. The highest BCUT2D eigenvalue weighted by atomic mass is 79.9. The van der Waals surface area contributed by atoms with Gasteiger partial charge in [-0.05, 0) is 28.1 Å². The molecule has 1 heterocycles. The van der Waals surface area contributed by atoms with Gasteiger partial charge >= 0.3 is 0 Å². The highest BCUT2D eigenvalue weighted by molar-refractivity contribution is 9.10. The first-order valence-corrected chi connectivity index (χ1v) is 6.44. The van der Waals surface area contributed by atoms with Gasteiger partial charge in [0.05, 0.1) is 15.2 Å². The van der Waals surface area contributed by atoms with Crippen molar-refractivity contribution in [2.45, 2.75) is 13.8 Å². The van der Waals surface area contributed by atoms with Crippen LogP contribution in [0.3, 0.4) is 0 Å². The molecule has 17 heavy (non-hydrogen) atoms. The van der Waals surface area contributed by atoms with Crippen molar-refractivity contribution in [2.75, 3.05) is 4.90 Å². The van der Waals surface area contributed by atoms with Crippen molar-refractivity contribution in [1.29, 1.82) is 0 Å². The van der Waals surface area contributed by atoms with E-state index in [9.17, 15) is 9.59 Å². The van der Waals surface area contributed by atoms with Crippen molar-refractivity contribution in [1.82, 2.24) is 0 Å². The van der Waals surface area contributed by atoms with E-state index in [-0.39, 0.29) is 23.7 Å². The Morgan fingerprint density at radius 2 is 1.71 bits per heavy atom. The fraction of sp³-hybridized carbons (Fsp3) is 0.333. The Morgan fingerprint density at radius 3 is 2.24 bits per heavy atom. The van der Waals surface area contributed by atoms with E-state index >= 15 is 0 Å². The fourth-order valence-corrected chi connectivity index (χ4v) is 2.46. The summed E-state index contributed by atoms with van der Waals surface area (Å²) < 4.78 is 0.574. The molecule has 0 saturated carbocycles. The summed E-state index contributed by atoms with van der Waals surface area (Å²) in [5.74, 6) is -0.919. The number of carbonyl (C=O) groups is 2. The molecular formula is C12H11BrClNO2. The molecule has 2 rings (SSSR count). The van der Waals surface area contributed by atoms with Gasteiger partial charge in [-0.1, -0.05) is 31.5 Å². The van der Waals surface area contributed by atoms with Crippen LogP contribution in [0.4, 0.5) is 5.69 Å². The van der Waals surface area contributed by atoms with Gasteiger partial charge in [0.15, 0.2) is 0 Å². The zero-order valence-electron chi connectivity index (χ0n) is 9.41. The van der Waals surface area contributed by atoms with E-state index in [1.54, 1.807) is 32.0 Å². The Bertz CT molecular complexity index is 483. The first-order valence-electron chi connectivity index (χ1n) is 5.27. The van der Waals surface area contributed by atoms with Gasteiger partial charge in [0.1, 0.15) is 0 Å². The maximum absolute atomic E-state index is 12.0. The lowest BCUT2D eigenvalue weighted by Gasteiger charge is -2.16. The van der Waals surface area contributed by atoms with Crippen LogP contribution in [-0.4, -0.2) is 11.8 Å². The first kappa shape index (κ1) is 12.6. The van der Waals surface area contributed by atoms with Gasteiger partial charge in [0.25, 0.3) is 0 Å². The predicted octanol–water partition coefficient (Wildman–Crippen LogP) is 3.25. The van der Waals surface area contributed by atoms with Crippen molar-refractivity contribution in [3.8, 4) is 0 Å². The van der Waals surface area contributed by atoms with E-state index in [0.717, 1.165) is 0 Å². The lowest BCUT2D eigenvalue weighted by molar-refractivity contribution is -0.122. The number of nitrogens with zero attached hydrogens (tertiary/aromatic N) is 1. The minimum absolute atomic E-state index is 0.175. The third kappa shape index (κ3) is 1.89. The van der Waals surface area contributed by atoms with Crippen LogP contribution in [0.1, 0.15) is 13.8 Å². The Kier molecular flexibility index (Phi) is 3.27. The van der Waals surface area contributed by atoms with E-state index in [0.29, 0.717) is 15.2 Å². The minimum atomic E-state index is -0.284. The molecule has 1 aromatic rings. The lowest BCUT2D eigenvalue weighted by Crippen LogP contribution is -2.30. The molecule has 2 atom stereocenters. The predicted molar refractivity (Wildman–Crippen MR) is 70.0 cm³/mol. The molecule has 2 amide bonds. The molecule has 1 fully saturated rings. The Morgan fingerprint density at radius 1 is 1.18 bits per heavy atom. The van der Waals surface area contributed by atoms with Gasteiger partial charge in [-0.25, -0.2) is 4.90 Å². The monoisotopic (exact) mass is 315 g/mol. The number of benzene rings is 1. The second kappa shape index (κ2) is 4.42. The Labute approximate surface area is 113 Å². The molecule has 1 aliphatic heterocycles. The normalized spacial score (nSPS) is 24.6. The number of hydrogen-bond donors (Lipinski definition) is 0. The number of carbonyl (C=O) groups excluding carboxylic acids is 2. The third-order valence-electron chi connectivity index (χ3n) is 3.14. The maximum Gasteiger partial charge on any atom is 0.237 e. The number of halogens is 2. The summed E-state index contributed by atoms with van der Waals surface area (Å²) in [6.07, 6.45) is 0. The molecule has 1 aliphatic rings. The van der Waals surface area contributed by atoms with Gasteiger partial charge in [-0.3, -0.25) is 9.59 Å². The highest BCUT2D eigenvalue weighted by Gasteiger charge is 2.43. The fourth-order valence-electron chi connectivity index (χ4n) is 1.85. The number of anilines is 1. The average molecular weight is 317 g/mol. The maximum atomic E-state index is 12.0. The van der Waals surface area contributed by atoms with Crippen LogP contribution in [0.5, 0.6) is 0 Å². The zero-order chi connectivity index (χ0) is 12.7. The van der Waals surface area contributed by atoms with E-state index in [1.165, 1.54) is 4.90 Å². The van der Waals surface area contributed by atoms with Gasteiger partial charge < -0.3 is 0 Å². The summed E-state index contributed by atoms with van der Waals surface area (Å²) in [7, 11) is 0. The van der Waals surface area contributed by atoms with E-state index < -0.39 is 0 Å². The largest absolute Gasteiger partial charge is 0.274 e. The molecule has 0 aliphatic carbocycles. The van der Waals surface area contributed by atoms with Crippen LogP contribution >= 0.6 is 27.5 Å². The van der Waals surface area contributed by atoms with Crippen molar-refractivity contribution in [3.63, 3.8) is 0 Å². The van der Waals surface area contributed by atoms with Crippen LogP contribution < -0.4 is 4.90 Å². The quantitative estimate of drug-likeness (QED) is 0.746. The summed E-state index contributed by atoms with van der Waals surface area (Å²) in [5.41, 5.74) is 0.517. The van der Waals surface area contributed by atoms with Gasteiger partial charge in [0.2, 0.25) is 11.8 Å². The molecule has 0 spiro atoms. The number of rotatable bonds is 1. The number of amides is 2. The van der Waals surface area contributed by atoms with E-state index in [2.05, 4.69) is 15.9 Å². The highest BCUT2D eigenvalue weighted by Crippen LogP contribution is 2.37. The van der Waals surface area contributed by atoms with Crippen molar-refractivity contribution in [3.05, 3.63) is 27.7 Å². The third-order valence-corrected chi connectivity index (χ3v) is 4.52. The first-order chi connectivity index (χ1) is 7.95. The van der Waals surface area contributed by atoms with E-state index in [1.807, 2.05) is 0 Å². The minimum Gasteiger partial charge on any atom is -0.274 e. The Hall–Kier alpha value is -0.870. The molecule has 0 aromatic heterocycles. The van der Waals surface area contributed by atoms with Crippen LogP contribution in [0.2, 0.25) is 5.02 Å². The molecular weight excluding hydrogens is 305 g/mol. The Balaban J connectivity index is 2.51. The number of imide groups is 1. The van der Waals surface area contributed by atoms with Crippen molar-refractivity contribution in [2.24, 2.45) is 11.8 Å². The number of hydrogen-bond acceptors (Lipinski definition) is 2. The van der Waals surface area contributed by atoms with Gasteiger partial charge in [0, 0.05) is 11.8 Å². The van der Waals surface area contributed by atoms with Gasteiger partial charge in [-0.15, -0.1) is 0 Å². The summed E-state index contributed by atoms with van der Waals surface area (Å²) >= 11 is 9.27. The summed E-state index contributed by atoms with van der Waals surface area (Å²) in [5, 5.41) is 0.482. The van der Waals surface area contributed by atoms with Crippen LogP contribution in [0.25, 0.3) is 0 Å². The molecule has 2 unspecified atom stereocenters. The molecule has 3 nitrogen and oxygen atoms in total. The average Bonchev–Trinajstić information content (AvgIpc) is 2.49. The SMILES string of the molecule is CC1C(=O)N(c2cccc(Cl)c2Br)C(=O)C1C. The molecule has 90 valence electrons. The summed E-state index contributed by atoms with van der Waals surface area (Å²) in [4.78, 5) is 25.3. The molecule has 1 saturated heterocycles. The summed E-state index contributed by atoms with van der Waals surface area (Å²) in [6, 6.07) is 5.13. The molecule has 0 radical (unpaired) electrons.